The maximum Gasteiger partial charge on any atom is 0.176 e. The fourth-order valence-corrected chi connectivity index (χ4v) is 3.78. The van der Waals surface area contributed by atoms with E-state index in [9.17, 15) is 4.39 Å². The van der Waals surface area contributed by atoms with Crippen LogP contribution in [0.2, 0.25) is 0 Å². The molecule has 0 radical (unpaired) electrons. The van der Waals surface area contributed by atoms with Gasteiger partial charge in [0.1, 0.15) is 22.7 Å². The highest BCUT2D eigenvalue weighted by atomic mass is 32.2. The molecular weight excluding hydrogens is 345 g/mol. The molecule has 0 aliphatic carbocycles. The minimum absolute atomic E-state index is 0.182. The van der Waals surface area contributed by atoms with E-state index in [0.29, 0.717) is 24.3 Å². The van der Waals surface area contributed by atoms with Crippen molar-refractivity contribution < 1.29 is 4.39 Å². The van der Waals surface area contributed by atoms with Gasteiger partial charge in [0.05, 0.1) is 0 Å². The number of benzene rings is 1. The van der Waals surface area contributed by atoms with Gasteiger partial charge in [-0.05, 0) is 32.0 Å². The van der Waals surface area contributed by atoms with E-state index < -0.39 is 0 Å². The molecule has 1 aromatic carbocycles. The minimum atomic E-state index is -0.182. The number of nitrogens with zero attached hydrogens (tertiary/aromatic N) is 4. The summed E-state index contributed by atoms with van der Waals surface area (Å²) in [5.41, 5.74) is 2.26. The van der Waals surface area contributed by atoms with Gasteiger partial charge in [-0.1, -0.05) is 23.9 Å². The molecule has 0 spiro atoms. The van der Waals surface area contributed by atoms with Gasteiger partial charge in [-0.25, -0.2) is 19.3 Å². The molecule has 126 valence electrons. The number of anilines is 1. The zero-order chi connectivity index (χ0) is 17.1. The van der Waals surface area contributed by atoms with Crippen molar-refractivity contribution in [3.05, 3.63) is 41.5 Å². The Balaban J connectivity index is 1.76. The standard InChI is InChI=1S/C16H18FN5S2/c1-22(2)8-11-5-4-10(6-12(11)17)7-18-14-13-15(20-9-19-14)21-16(23-3)24-13/h4-6,9H,7-8H2,1-3H3,(H,18,19,20). The van der Waals surface area contributed by atoms with Crippen LogP contribution in [0.1, 0.15) is 11.1 Å². The molecular formula is C16H18FN5S2. The van der Waals surface area contributed by atoms with E-state index in [2.05, 4.69) is 20.3 Å². The lowest BCUT2D eigenvalue weighted by Crippen LogP contribution is -2.12. The van der Waals surface area contributed by atoms with Gasteiger partial charge in [0.15, 0.2) is 9.99 Å². The van der Waals surface area contributed by atoms with Crippen LogP contribution in [0.5, 0.6) is 0 Å². The molecule has 3 rings (SSSR count). The molecule has 0 aliphatic heterocycles. The van der Waals surface area contributed by atoms with E-state index in [0.717, 1.165) is 20.4 Å². The lowest BCUT2D eigenvalue weighted by Gasteiger charge is -2.12. The van der Waals surface area contributed by atoms with Crippen LogP contribution in [0.15, 0.2) is 28.9 Å². The number of hydrogen-bond donors (Lipinski definition) is 1. The normalized spacial score (nSPS) is 11.4. The fraction of sp³-hybridized carbons (Fsp3) is 0.312. The maximum atomic E-state index is 14.1. The highest BCUT2D eigenvalue weighted by Crippen LogP contribution is 2.31. The topological polar surface area (TPSA) is 53.9 Å². The Kier molecular flexibility index (Phi) is 5.27. The first kappa shape index (κ1) is 17.1. The first-order valence-electron chi connectivity index (χ1n) is 7.38. The van der Waals surface area contributed by atoms with Gasteiger partial charge < -0.3 is 10.2 Å². The summed E-state index contributed by atoms with van der Waals surface area (Å²) in [6.45, 7) is 1.09. The van der Waals surface area contributed by atoms with E-state index in [1.54, 1.807) is 29.2 Å². The number of halogens is 1. The predicted octanol–water partition coefficient (Wildman–Crippen LogP) is 3.62. The molecule has 5 nitrogen and oxygen atoms in total. The van der Waals surface area contributed by atoms with Gasteiger partial charge in [-0.3, -0.25) is 0 Å². The smallest absolute Gasteiger partial charge is 0.176 e. The van der Waals surface area contributed by atoms with Crippen LogP contribution in [0.3, 0.4) is 0 Å². The van der Waals surface area contributed by atoms with Crippen molar-refractivity contribution in [3.63, 3.8) is 0 Å². The van der Waals surface area contributed by atoms with Crippen LogP contribution >= 0.6 is 23.1 Å². The number of thioether (sulfide) groups is 1. The van der Waals surface area contributed by atoms with Gasteiger partial charge in [-0.15, -0.1) is 11.3 Å². The Morgan fingerprint density at radius 1 is 1.29 bits per heavy atom. The summed E-state index contributed by atoms with van der Waals surface area (Å²) in [5.74, 6) is 0.550. The third-order valence-electron chi connectivity index (χ3n) is 3.41. The molecule has 1 N–H and O–H groups in total. The van der Waals surface area contributed by atoms with Crippen LogP contribution in [-0.2, 0) is 13.1 Å². The van der Waals surface area contributed by atoms with Gasteiger partial charge in [0.2, 0.25) is 0 Å². The third kappa shape index (κ3) is 3.82. The highest BCUT2D eigenvalue weighted by Gasteiger charge is 2.10. The van der Waals surface area contributed by atoms with Crippen molar-refractivity contribution >= 4 is 39.3 Å². The quantitative estimate of drug-likeness (QED) is 0.675. The summed E-state index contributed by atoms with van der Waals surface area (Å²) in [7, 11) is 3.85. The van der Waals surface area contributed by atoms with Crippen molar-refractivity contribution in [3.8, 4) is 0 Å². The maximum absolute atomic E-state index is 14.1. The first-order chi connectivity index (χ1) is 11.6. The number of fused-ring (bicyclic) bond motifs is 1. The number of aromatic nitrogens is 3. The van der Waals surface area contributed by atoms with E-state index in [4.69, 9.17) is 0 Å². The molecule has 0 unspecified atom stereocenters. The van der Waals surface area contributed by atoms with Crippen LogP contribution in [0, 0.1) is 5.82 Å². The second kappa shape index (κ2) is 7.42. The minimum Gasteiger partial charge on any atom is -0.365 e. The molecule has 2 aromatic heterocycles. The number of nitrogens with one attached hydrogen (secondary N) is 1. The van der Waals surface area contributed by atoms with E-state index in [1.807, 2.05) is 37.4 Å². The van der Waals surface area contributed by atoms with Gasteiger partial charge in [-0.2, -0.15) is 0 Å². The molecule has 0 amide bonds. The molecule has 3 aromatic rings. The summed E-state index contributed by atoms with van der Waals surface area (Å²) in [6.07, 6.45) is 3.48. The molecule has 8 heteroatoms. The molecule has 2 heterocycles. The zero-order valence-corrected chi connectivity index (χ0v) is 15.3. The summed E-state index contributed by atoms with van der Waals surface area (Å²) < 4.78 is 16.0. The van der Waals surface area contributed by atoms with Crippen molar-refractivity contribution in [2.45, 2.75) is 17.4 Å². The Morgan fingerprint density at radius 2 is 2.12 bits per heavy atom. The molecule has 0 fully saturated rings. The van der Waals surface area contributed by atoms with Gasteiger partial charge >= 0.3 is 0 Å². The second-order valence-corrected chi connectivity index (χ2v) is 7.63. The molecule has 0 bridgehead atoms. The van der Waals surface area contributed by atoms with Crippen molar-refractivity contribution in [1.82, 2.24) is 19.9 Å². The Morgan fingerprint density at radius 3 is 2.83 bits per heavy atom. The van der Waals surface area contributed by atoms with Gasteiger partial charge in [0, 0.05) is 18.7 Å². The molecule has 24 heavy (non-hydrogen) atoms. The molecule has 0 saturated heterocycles. The van der Waals surface area contributed by atoms with Crippen LogP contribution in [0.25, 0.3) is 10.3 Å². The van der Waals surface area contributed by atoms with E-state index >= 15 is 0 Å². The molecule has 0 saturated carbocycles. The Hall–Kier alpha value is -1.77. The van der Waals surface area contributed by atoms with Crippen molar-refractivity contribution in [1.29, 1.82) is 0 Å². The first-order valence-corrected chi connectivity index (χ1v) is 9.42. The second-order valence-electron chi connectivity index (χ2n) is 5.58. The van der Waals surface area contributed by atoms with Crippen LogP contribution < -0.4 is 5.32 Å². The summed E-state index contributed by atoms with van der Waals surface area (Å²) in [5, 5.41) is 3.26. The predicted molar refractivity (Wildman–Crippen MR) is 98.1 cm³/mol. The summed E-state index contributed by atoms with van der Waals surface area (Å²) in [4.78, 5) is 14.8. The Bertz CT molecular complexity index is 850. The lowest BCUT2D eigenvalue weighted by molar-refractivity contribution is 0.392. The Labute approximate surface area is 148 Å². The fourth-order valence-electron chi connectivity index (χ4n) is 2.30. The van der Waals surface area contributed by atoms with Crippen LogP contribution in [0.4, 0.5) is 10.2 Å². The summed E-state index contributed by atoms with van der Waals surface area (Å²) >= 11 is 3.14. The van der Waals surface area contributed by atoms with E-state index in [-0.39, 0.29) is 5.82 Å². The molecule has 0 atom stereocenters. The average molecular weight is 363 g/mol. The van der Waals surface area contributed by atoms with Crippen LogP contribution in [-0.4, -0.2) is 40.2 Å². The van der Waals surface area contributed by atoms with Crippen molar-refractivity contribution in [2.24, 2.45) is 0 Å². The van der Waals surface area contributed by atoms with Crippen molar-refractivity contribution in [2.75, 3.05) is 25.7 Å². The largest absolute Gasteiger partial charge is 0.365 e. The lowest BCUT2D eigenvalue weighted by atomic mass is 10.1. The highest BCUT2D eigenvalue weighted by molar-refractivity contribution is 8.00. The number of thiazole rings is 1. The molecule has 0 aliphatic rings. The van der Waals surface area contributed by atoms with E-state index in [1.165, 1.54) is 6.33 Å². The number of rotatable bonds is 6. The monoisotopic (exact) mass is 363 g/mol. The number of hydrogen-bond acceptors (Lipinski definition) is 7. The third-order valence-corrected chi connectivity index (χ3v) is 5.45. The SMILES string of the molecule is CSc1nc2ncnc(NCc3ccc(CN(C)C)c(F)c3)c2s1. The zero-order valence-electron chi connectivity index (χ0n) is 13.7. The van der Waals surface area contributed by atoms with Gasteiger partial charge in [0.25, 0.3) is 0 Å². The summed E-state index contributed by atoms with van der Waals surface area (Å²) in [6, 6.07) is 5.35. The average Bonchev–Trinajstić information content (AvgIpc) is 2.98.